The molecule has 1 amide bonds. The van der Waals surface area contributed by atoms with Gasteiger partial charge in [0.25, 0.3) is 5.56 Å². The monoisotopic (exact) mass is 347 g/mol. The minimum atomic E-state index is -0.197. The zero-order valence-corrected chi connectivity index (χ0v) is 15.1. The maximum absolute atomic E-state index is 12.4. The first-order chi connectivity index (χ1) is 12.4. The number of carbonyl (C=O) groups is 1. The van der Waals surface area contributed by atoms with Crippen molar-refractivity contribution in [2.75, 3.05) is 7.05 Å². The lowest BCUT2D eigenvalue weighted by Gasteiger charge is -2.14. The third-order valence-electron chi connectivity index (χ3n) is 4.26. The minimum absolute atomic E-state index is 0.152. The predicted octanol–water partition coefficient (Wildman–Crippen LogP) is 3.21. The molecule has 1 N–H and O–H groups in total. The SMILES string of the molecule is Cc1ccc(/C=C/C(=O)N(C)Cc2nc3ccccc3c(=O)[nH]2)c(C)c1. The number of fused-ring (bicyclic) bond motifs is 1. The Bertz CT molecular complexity index is 1050. The second-order valence-electron chi connectivity index (χ2n) is 6.42. The summed E-state index contributed by atoms with van der Waals surface area (Å²) in [5, 5.41) is 0.542. The van der Waals surface area contributed by atoms with Crippen molar-refractivity contribution in [1.82, 2.24) is 14.9 Å². The number of aromatic nitrogens is 2. The molecule has 3 aromatic rings. The molecular weight excluding hydrogens is 326 g/mol. The maximum atomic E-state index is 12.4. The molecule has 0 atom stereocenters. The van der Waals surface area contributed by atoms with Gasteiger partial charge in [0.05, 0.1) is 17.4 Å². The molecule has 5 heteroatoms. The highest BCUT2D eigenvalue weighted by atomic mass is 16.2. The smallest absolute Gasteiger partial charge is 0.258 e. The summed E-state index contributed by atoms with van der Waals surface area (Å²) in [5.41, 5.74) is 3.75. The van der Waals surface area contributed by atoms with Crippen LogP contribution < -0.4 is 5.56 Å². The van der Waals surface area contributed by atoms with Gasteiger partial charge in [0, 0.05) is 13.1 Å². The van der Waals surface area contributed by atoms with Crippen molar-refractivity contribution >= 4 is 22.9 Å². The van der Waals surface area contributed by atoms with Crippen molar-refractivity contribution in [2.24, 2.45) is 0 Å². The van der Waals surface area contributed by atoms with Gasteiger partial charge in [-0.3, -0.25) is 9.59 Å². The van der Waals surface area contributed by atoms with Crippen LogP contribution in [0.5, 0.6) is 0 Å². The molecule has 0 saturated heterocycles. The molecule has 0 aliphatic carbocycles. The van der Waals surface area contributed by atoms with E-state index in [0.717, 1.165) is 11.1 Å². The second kappa shape index (κ2) is 7.35. The summed E-state index contributed by atoms with van der Waals surface area (Å²) < 4.78 is 0. The van der Waals surface area contributed by atoms with E-state index in [-0.39, 0.29) is 18.0 Å². The van der Waals surface area contributed by atoms with Crippen molar-refractivity contribution < 1.29 is 4.79 Å². The third-order valence-corrected chi connectivity index (χ3v) is 4.26. The van der Waals surface area contributed by atoms with Crippen molar-refractivity contribution in [2.45, 2.75) is 20.4 Å². The lowest BCUT2D eigenvalue weighted by molar-refractivity contribution is -0.125. The Morgan fingerprint density at radius 3 is 2.73 bits per heavy atom. The Morgan fingerprint density at radius 2 is 1.96 bits per heavy atom. The molecule has 0 aliphatic heterocycles. The number of para-hydroxylation sites is 1. The average Bonchev–Trinajstić information content (AvgIpc) is 2.60. The van der Waals surface area contributed by atoms with Gasteiger partial charge >= 0.3 is 0 Å². The van der Waals surface area contributed by atoms with Crippen LogP contribution in [0, 0.1) is 13.8 Å². The van der Waals surface area contributed by atoms with Crippen LogP contribution in [0.4, 0.5) is 0 Å². The molecule has 0 unspecified atom stereocenters. The Kier molecular flexibility index (Phi) is 4.98. The summed E-state index contributed by atoms with van der Waals surface area (Å²) >= 11 is 0. The fourth-order valence-corrected chi connectivity index (χ4v) is 2.81. The first-order valence-electron chi connectivity index (χ1n) is 8.42. The van der Waals surface area contributed by atoms with E-state index in [1.807, 2.05) is 38.1 Å². The third kappa shape index (κ3) is 3.88. The Balaban J connectivity index is 1.75. The molecule has 0 fully saturated rings. The number of nitrogens with zero attached hydrogens (tertiary/aromatic N) is 2. The Morgan fingerprint density at radius 1 is 1.19 bits per heavy atom. The van der Waals surface area contributed by atoms with Crippen molar-refractivity contribution in [3.05, 3.63) is 81.4 Å². The molecule has 0 bridgehead atoms. The Hall–Kier alpha value is -3.21. The zero-order chi connectivity index (χ0) is 18.7. The van der Waals surface area contributed by atoms with E-state index in [4.69, 9.17) is 0 Å². The summed E-state index contributed by atoms with van der Waals surface area (Å²) in [5.74, 6) is 0.310. The molecule has 0 saturated carbocycles. The van der Waals surface area contributed by atoms with Crippen LogP contribution in [0.25, 0.3) is 17.0 Å². The standard InChI is InChI=1S/C21H21N3O2/c1-14-8-9-16(15(2)12-14)10-11-20(25)24(3)13-19-22-18-7-5-4-6-17(18)21(26)23-19/h4-12H,13H2,1-3H3,(H,22,23,26)/b11-10+. The maximum Gasteiger partial charge on any atom is 0.258 e. The number of hydrogen-bond acceptors (Lipinski definition) is 3. The van der Waals surface area contributed by atoms with Crippen LogP contribution in [0.2, 0.25) is 0 Å². The number of hydrogen-bond donors (Lipinski definition) is 1. The fraction of sp³-hybridized carbons (Fsp3) is 0.190. The summed E-state index contributed by atoms with van der Waals surface area (Å²) in [6, 6.07) is 13.2. The highest BCUT2D eigenvalue weighted by Crippen LogP contribution is 2.12. The van der Waals surface area contributed by atoms with Crippen LogP contribution in [0.3, 0.4) is 0 Å². The van der Waals surface area contributed by atoms with Crippen LogP contribution in [-0.4, -0.2) is 27.8 Å². The minimum Gasteiger partial charge on any atom is -0.335 e. The molecule has 0 spiro atoms. The molecule has 26 heavy (non-hydrogen) atoms. The fourth-order valence-electron chi connectivity index (χ4n) is 2.81. The number of amides is 1. The Labute approximate surface area is 152 Å². The summed E-state index contributed by atoms with van der Waals surface area (Å²) in [6.07, 6.45) is 3.35. The highest BCUT2D eigenvalue weighted by Gasteiger charge is 2.09. The molecule has 2 aromatic carbocycles. The normalized spacial score (nSPS) is 11.2. The number of likely N-dealkylation sites (N-methyl/N-ethyl adjacent to an activating group) is 1. The second-order valence-corrected chi connectivity index (χ2v) is 6.42. The van der Waals surface area contributed by atoms with Crippen molar-refractivity contribution in [3.8, 4) is 0 Å². The van der Waals surface area contributed by atoms with Gasteiger partial charge in [-0.1, -0.05) is 35.9 Å². The van der Waals surface area contributed by atoms with Gasteiger partial charge in [0.15, 0.2) is 0 Å². The highest BCUT2D eigenvalue weighted by molar-refractivity contribution is 5.91. The number of aryl methyl sites for hydroxylation is 2. The van der Waals surface area contributed by atoms with E-state index < -0.39 is 0 Å². The molecule has 1 heterocycles. The number of benzene rings is 2. The number of H-pyrrole nitrogens is 1. The van der Waals surface area contributed by atoms with Gasteiger partial charge in [0.1, 0.15) is 5.82 Å². The molecule has 1 aromatic heterocycles. The first-order valence-corrected chi connectivity index (χ1v) is 8.42. The number of aromatic amines is 1. The van der Waals surface area contributed by atoms with E-state index in [0.29, 0.717) is 16.7 Å². The van der Waals surface area contributed by atoms with Crippen molar-refractivity contribution in [1.29, 1.82) is 0 Å². The van der Waals surface area contributed by atoms with Gasteiger partial charge < -0.3 is 9.88 Å². The summed E-state index contributed by atoms with van der Waals surface area (Å²) in [6.45, 7) is 4.29. The molecule has 3 rings (SSSR count). The van der Waals surface area contributed by atoms with E-state index >= 15 is 0 Å². The van der Waals surface area contributed by atoms with Gasteiger partial charge in [0.2, 0.25) is 5.91 Å². The first kappa shape index (κ1) is 17.6. The number of rotatable bonds is 4. The lowest BCUT2D eigenvalue weighted by atomic mass is 10.1. The van der Waals surface area contributed by atoms with Gasteiger partial charge in [-0.05, 0) is 43.2 Å². The van der Waals surface area contributed by atoms with Crippen LogP contribution in [-0.2, 0) is 11.3 Å². The quantitative estimate of drug-likeness (QED) is 0.737. The van der Waals surface area contributed by atoms with E-state index in [1.54, 1.807) is 25.2 Å². The molecule has 5 nitrogen and oxygen atoms in total. The van der Waals surface area contributed by atoms with Gasteiger partial charge in [-0.15, -0.1) is 0 Å². The van der Waals surface area contributed by atoms with Crippen molar-refractivity contribution in [3.63, 3.8) is 0 Å². The molecule has 0 aliphatic rings. The summed E-state index contributed by atoms with van der Waals surface area (Å²) in [4.78, 5) is 33.2. The van der Waals surface area contributed by atoms with E-state index in [2.05, 4.69) is 16.0 Å². The predicted molar refractivity (Wildman–Crippen MR) is 104 cm³/mol. The van der Waals surface area contributed by atoms with Crippen LogP contribution in [0.1, 0.15) is 22.5 Å². The average molecular weight is 347 g/mol. The van der Waals surface area contributed by atoms with E-state index in [9.17, 15) is 9.59 Å². The molecule has 132 valence electrons. The topological polar surface area (TPSA) is 66.1 Å². The zero-order valence-electron chi connectivity index (χ0n) is 15.1. The van der Waals surface area contributed by atoms with Crippen LogP contribution >= 0.6 is 0 Å². The largest absolute Gasteiger partial charge is 0.335 e. The lowest BCUT2D eigenvalue weighted by Crippen LogP contribution is -2.26. The molecule has 0 radical (unpaired) electrons. The van der Waals surface area contributed by atoms with Crippen LogP contribution in [0.15, 0.2) is 53.3 Å². The summed E-state index contributed by atoms with van der Waals surface area (Å²) in [7, 11) is 1.68. The number of nitrogens with one attached hydrogen (secondary N) is 1. The molecular formula is C21H21N3O2. The van der Waals surface area contributed by atoms with E-state index in [1.165, 1.54) is 16.5 Å². The van der Waals surface area contributed by atoms with Gasteiger partial charge in [-0.2, -0.15) is 0 Å². The van der Waals surface area contributed by atoms with Gasteiger partial charge in [-0.25, -0.2) is 4.98 Å². The number of carbonyl (C=O) groups excluding carboxylic acids is 1.